The van der Waals surface area contributed by atoms with Crippen molar-refractivity contribution in [1.82, 2.24) is 15.2 Å². The van der Waals surface area contributed by atoms with Crippen molar-refractivity contribution in [2.45, 2.75) is 64.9 Å². The van der Waals surface area contributed by atoms with Gasteiger partial charge in [0.1, 0.15) is 17.1 Å². The summed E-state index contributed by atoms with van der Waals surface area (Å²) in [5.74, 6) is 0.334. The van der Waals surface area contributed by atoms with E-state index in [9.17, 15) is 9.59 Å². The second kappa shape index (κ2) is 12.4. The number of nitrogens with one attached hydrogen (secondary N) is 2. The van der Waals surface area contributed by atoms with Crippen LogP contribution in [0.25, 0.3) is 10.6 Å². The summed E-state index contributed by atoms with van der Waals surface area (Å²) in [6.07, 6.45) is -0.0730. The van der Waals surface area contributed by atoms with Crippen LogP contribution in [0.15, 0.2) is 30.3 Å². The number of hydrogen-bond donors (Lipinski definition) is 2. The van der Waals surface area contributed by atoms with E-state index in [-0.39, 0.29) is 48.6 Å². The van der Waals surface area contributed by atoms with E-state index in [1.165, 1.54) is 11.3 Å². The van der Waals surface area contributed by atoms with Crippen molar-refractivity contribution in [3.05, 3.63) is 57.7 Å². The van der Waals surface area contributed by atoms with Gasteiger partial charge in [0.05, 0.1) is 55.6 Å². The first-order valence-electron chi connectivity index (χ1n) is 14.1. The van der Waals surface area contributed by atoms with E-state index in [1.807, 2.05) is 25.1 Å². The molecule has 3 aromatic rings. The first kappa shape index (κ1) is 30.6. The van der Waals surface area contributed by atoms with Crippen LogP contribution in [0.4, 0.5) is 15.0 Å². The number of halogens is 1. The molecular weight excluding hydrogens is 575 g/mol. The topological polar surface area (TPSA) is 111 Å². The van der Waals surface area contributed by atoms with Gasteiger partial charge in [-0.3, -0.25) is 4.79 Å². The maximum absolute atomic E-state index is 16.3. The SMILES string of the molecule is COc1ccc(CN2Cc3c(F)c(NC4CCOCC4NC(=O)OC(C)(C)C)nc(-c4ccc(C)s4)c3C2=O)c(OC)c1. The van der Waals surface area contributed by atoms with Gasteiger partial charge in [0.25, 0.3) is 5.91 Å². The predicted octanol–water partition coefficient (Wildman–Crippen LogP) is 5.52. The molecule has 1 aromatic carbocycles. The molecule has 5 rings (SSSR count). The molecule has 2 aromatic heterocycles. The van der Waals surface area contributed by atoms with Crippen LogP contribution in [0.2, 0.25) is 0 Å². The van der Waals surface area contributed by atoms with Crippen molar-refractivity contribution < 1.29 is 32.9 Å². The summed E-state index contributed by atoms with van der Waals surface area (Å²) in [6.45, 7) is 8.27. The van der Waals surface area contributed by atoms with Crippen molar-refractivity contribution in [2.75, 3.05) is 32.8 Å². The van der Waals surface area contributed by atoms with Crippen LogP contribution in [0.1, 0.15) is 53.6 Å². The lowest BCUT2D eigenvalue weighted by molar-refractivity contribution is 0.0317. The number of nitrogens with zero attached hydrogens (tertiary/aromatic N) is 2. The zero-order valence-electron chi connectivity index (χ0n) is 25.2. The number of aryl methyl sites for hydroxylation is 1. The first-order chi connectivity index (χ1) is 20.5. The number of fused-ring (bicyclic) bond motifs is 1. The molecule has 10 nitrogen and oxygen atoms in total. The maximum atomic E-state index is 16.3. The number of carbonyl (C=O) groups is 2. The summed E-state index contributed by atoms with van der Waals surface area (Å²) in [6, 6.07) is 8.37. The zero-order valence-corrected chi connectivity index (χ0v) is 26.0. The lowest BCUT2D eigenvalue weighted by Crippen LogP contribution is -2.53. The molecule has 2 aliphatic heterocycles. The largest absolute Gasteiger partial charge is 0.497 e. The summed E-state index contributed by atoms with van der Waals surface area (Å²) in [5, 5.41) is 6.08. The number of methoxy groups -OCH3 is 2. The predicted molar refractivity (Wildman–Crippen MR) is 161 cm³/mol. The van der Waals surface area contributed by atoms with Crippen LogP contribution in [0.3, 0.4) is 0 Å². The number of rotatable bonds is 8. The van der Waals surface area contributed by atoms with Crippen LogP contribution in [0, 0.1) is 12.7 Å². The lowest BCUT2D eigenvalue weighted by atomic mass is 10.0. The molecular formula is C31H37FN4O6S. The second-order valence-electron chi connectivity index (χ2n) is 11.6. The Balaban J connectivity index is 1.47. The van der Waals surface area contributed by atoms with Crippen molar-refractivity contribution >= 4 is 29.2 Å². The fourth-order valence-electron chi connectivity index (χ4n) is 5.25. The average Bonchev–Trinajstić information content (AvgIpc) is 3.53. The molecule has 0 saturated carbocycles. The van der Waals surface area contributed by atoms with E-state index >= 15 is 4.39 Å². The number of alkyl carbamates (subject to hydrolysis) is 1. The molecule has 0 aliphatic carbocycles. The molecule has 0 bridgehead atoms. The Morgan fingerprint density at radius 3 is 2.65 bits per heavy atom. The van der Waals surface area contributed by atoms with Crippen molar-refractivity contribution in [2.24, 2.45) is 0 Å². The van der Waals surface area contributed by atoms with Crippen molar-refractivity contribution in [3.63, 3.8) is 0 Å². The van der Waals surface area contributed by atoms with Gasteiger partial charge in [-0.1, -0.05) is 0 Å². The van der Waals surface area contributed by atoms with Gasteiger partial charge >= 0.3 is 6.09 Å². The van der Waals surface area contributed by atoms with Gasteiger partial charge in [-0.2, -0.15) is 0 Å². The molecule has 43 heavy (non-hydrogen) atoms. The fraction of sp³-hybridized carbons (Fsp3) is 0.452. The number of pyridine rings is 1. The van der Waals surface area contributed by atoms with Crippen LogP contribution in [-0.2, 0) is 22.6 Å². The third-order valence-electron chi connectivity index (χ3n) is 7.29. The normalized spacial score (nSPS) is 18.3. The minimum Gasteiger partial charge on any atom is -0.497 e. The van der Waals surface area contributed by atoms with E-state index < -0.39 is 23.6 Å². The third-order valence-corrected chi connectivity index (χ3v) is 8.30. The summed E-state index contributed by atoms with van der Waals surface area (Å²) in [7, 11) is 3.12. The number of thiophene rings is 1. The smallest absolute Gasteiger partial charge is 0.408 e. The van der Waals surface area contributed by atoms with Gasteiger partial charge in [-0.25, -0.2) is 14.2 Å². The lowest BCUT2D eigenvalue weighted by Gasteiger charge is -2.33. The fourth-order valence-corrected chi connectivity index (χ4v) is 6.11. The summed E-state index contributed by atoms with van der Waals surface area (Å²) in [5.41, 5.74) is 1.06. The second-order valence-corrected chi connectivity index (χ2v) is 12.9. The Labute approximate surface area is 254 Å². The first-order valence-corrected chi connectivity index (χ1v) is 14.9. The highest BCUT2D eigenvalue weighted by Crippen LogP contribution is 2.40. The number of ether oxygens (including phenoxy) is 4. The van der Waals surface area contributed by atoms with Crippen LogP contribution < -0.4 is 20.1 Å². The summed E-state index contributed by atoms with van der Waals surface area (Å²) < 4.78 is 38.2. The van der Waals surface area contributed by atoms with E-state index in [2.05, 4.69) is 10.6 Å². The van der Waals surface area contributed by atoms with Crippen molar-refractivity contribution in [3.8, 4) is 22.1 Å². The minimum atomic E-state index is -0.668. The molecule has 2 N–H and O–H groups in total. The van der Waals surface area contributed by atoms with E-state index in [4.69, 9.17) is 23.9 Å². The standard InChI is InChI=1S/C31H37FN4O6S/c1-17-7-10-24(43-17)27-25-20(15-36(29(25)37)14-18-8-9-19(39-5)13-23(18)40-6)26(32)28(35-27)33-21-11-12-41-16-22(21)34-30(38)42-31(2,3)4/h7-10,13,21-22H,11-12,14-16H2,1-6H3,(H,33,35)(H,34,38). The molecule has 0 radical (unpaired) electrons. The number of benzene rings is 1. The van der Waals surface area contributed by atoms with Gasteiger partial charge in [0.15, 0.2) is 11.6 Å². The van der Waals surface area contributed by atoms with Gasteiger partial charge < -0.3 is 34.5 Å². The zero-order chi connectivity index (χ0) is 30.9. The Kier molecular flexibility index (Phi) is 8.79. The molecule has 2 atom stereocenters. The van der Waals surface area contributed by atoms with E-state index in [1.54, 1.807) is 52.0 Å². The molecule has 0 spiro atoms. The molecule has 2 amide bonds. The Morgan fingerprint density at radius 2 is 1.98 bits per heavy atom. The monoisotopic (exact) mass is 612 g/mol. The van der Waals surface area contributed by atoms with Crippen LogP contribution in [0.5, 0.6) is 11.5 Å². The highest BCUT2D eigenvalue weighted by molar-refractivity contribution is 7.15. The average molecular weight is 613 g/mol. The van der Waals surface area contributed by atoms with E-state index in [0.29, 0.717) is 30.2 Å². The van der Waals surface area contributed by atoms with Gasteiger partial charge in [-0.15, -0.1) is 11.3 Å². The van der Waals surface area contributed by atoms with Gasteiger partial charge in [-0.05, 0) is 58.4 Å². The molecule has 1 saturated heterocycles. The highest BCUT2D eigenvalue weighted by Gasteiger charge is 2.38. The van der Waals surface area contributed by atoms with Crippen molar-refractivity contribution in [1.29, 1.82) is 0 Å². The number of aromatic nitrogens is 1. The van der Waals surface area contributed by atoms with Gasteiger partial charge in [0, 0.05) is 35.2 Å². The molecule has 2 aliphatic rings. The van der Waals surface area contributed by atoms with Crippen LogP contribution >= 0.6 is 11.3 Å². The Hall–Kier alpha value is -3.90. The summed E-state index contributed by atoms with van der Waals surface area (Å²) >= 11 is 1.49. The quantitative estimate of drug-likeness (QED) is 0.342. The molecule has 4 heterocycles. The summed E-state index contributed by atoms with van der Waals surface area (Å²) in [4.78, 5) is 34.4. The molecule has 2 unspecified atom stereocenters. The Bertz CT molecular complexity index is 1520. The minimum absolute atomic E-state index is 0.0272. The van der Waals surface area contributed by atoms with E-state index in [0.717, 1.165) is 15.3 Å². The number of amides is 2. The number of anilines is 1. The number of carbonyl (C=O) groups excluding carboxylic acids is 2. The molecule has 1 fully saturated rings. The molecule has 12 heteroatoms. The third kappa shape index (κ3) is 6.70. The maximum Gasteiger partial charge on any atom is 0.408 e. The highest BCUT2D eigenvalue weighted by atomic mass is 32.1. The Morgan fingerprint density at radius 1 is 1.19 bits per heavy atom. The molecule has 230 valence electrons. The van der Waals surface area contributed by atoms with Crippen LogP contribution in [-0.4, -0.2) is 67.0 Å². The van der Waals surface area contributed by atoms with Gasteiger partial charge in [0.2, 0.25) is 0 Å². The number of hydrogen-bond acceptors (Lipinski definition) is 9.